The molecule has 1 heterocycles. The molecule has 7 nitrogen and oxygen atoms in total. The normalized spacial score (nSPS) is 13.6. The smallest absolute Gasteiger partial charge is 0.248 e. The van der Waals surface area contributed by atoms with Crippen molar-refractivity contribution >= 4 is 42.8 Å². The lowest BCUT2D eigenvalue weighted by Gasteiger charge is -2.31. The fourth-order valence-electron chi connectivity index (χ4n) is 3.58. The summed E-state index contributed by atoms with van der Waals surface area (Å²) in [6.45, 7) is 2.85. The van der Waals surface area contributed by atoms with Crippen LogP contribution in [-0.4, -0.2) is 45.6 Å². The molecule has 1 saturated heterocycles. The maximum absolute atomic E-state index is 6.46. The zero-order valence-corrected chi connectivity index (χ0v) is 21.0. The van der Waals surface area contributed by atoms with E-state index in [1.807, 2.05) is 54.6 Å². The van der Waals surface area contributed by atoms with Crippen LogP contribution >= 0.6 is 20.7 Å². The molecule has 3 aromatic rings. The Hall–Kier alpha value is -3.06. The fourth-order valence-corrected chi connectivity index (χ4v) is 5.78. The topological polar surface area (TPSA) is 58.2 Å². The third kappa shape index (κ3) is 6.08. The molecule has 0 amide bonds. The van der Waals surface area contributed by atoms with E-state index in [-0.39, 0.29) is 0 Å². The first-order chi connectivity index (χ1) is 16.7. The van der Waals surface area contributed by atoms with E-state index in [1.165, 1.54) is 0 Å². The van der Waals surface area contributed by atoms with Gasteiger partial charge in [-0.05, 0) is 72.9 Å². The maximum Gasteiger partial charge on any atom is 0.248 e. The molecule has 4 rings (SSSR count). The first kappa shape index (κ1) is 24.1. The minimum absolute atomic E-state index is 0.515. The van der Waals surface area contributed by atoms with Crippen molar-refractivity contribution in [2.24, 2.45) is 0 Å². The Balaban J connectivity index is 1.41. The SMILES string of the molecule is COc1ccc(N2CCN(c3ccc(OC)cc3)P2OCCNC(=S)Nc2ccccc2)cc1. The second-order valence-corrected chi connectivity index (χ2v) is 9.61. The van der Waals surface area contributed by atoms with Crippen LogP contribution in [-0.2, 0) is 4.52 Å². The van der Waals surface area contributed by atoms with Crippen LogP contribution in [0, 0.1) is 0 Å². The molecule has 178 valence electrons. The number of benzene rings is 3. The number of nitrogens with one attached hydrogen (secondary N) is 2. The van der Waals surface area contributed by atoms with Crippen molar-refractivity contribution in [3.05, 3.63) is 78.9 Å². The summed E-state index contributed by atoms with van der Waals surface area (Å²) in [6, 6.07) is 26.1. The van der Waals surface area contributed by atoms with Crippen LogP contribution in [0.5, 0.6) is 11.5 Å². The van der Waals surface area contributed by atoms with Crippen molar-refractivity contribution in [3.8, 4) is 11.5 Å². The number of ether oxygens (including phenoxy) is 2. The zero-order chi connectivity index (χ0) is 23.8. The van der Waals surface area contributed by atoms with Gasteiger partial charge < -0.3 is 34.0 Å². The van der Waals surface area contributed by atoms with Gasteiger partial charge in [0.15, 0.2) is 5.11 Å². The quantitative estimate of drug-likeness (QED) is 0.236. The van der Waals surface area contributed by atoms with Crippen LogP contribution in [0.15, 0.2) is 78.9 Å². The molecule has 0 saturated carbocycles. The molecule has 3 aromatic carbocycles. The third-order valence-electron chi connectivity index (χ3n) is 5.30. The number of rotatable bonds is 9. The van der Waals surface area contributed by atoms with Crippen molar-refractivity contribution in [1.29, 1.82) is 0 Å². The summed E-state index contributed by atoms with van der Waals surface area (Å²) >= 11 is 5.41. The van der Waals surface area contributed by atoms with Crippen molar-refractivity contribution < 1.29 is 14.0 Å². The van der Waals surface area contributed by atoms with Gasteiger partial charge in [-0.15, -0.1) is 0 Å². The molecule has 0 aromatic heterocycles. The number of thiocarbonyl (C=S) groups is 1. The van der Waals surface area contributed by atoms with Gasteiger partial charge in [-0.3, -0.25) is 0 Å². The molecule has 0 unspecified atom stereocenters. The van der Waals surface area contributed by atoms with Crippen LogP contribution in [0.4, 0.5) is 17.1 Å². The van der Waals surface area contributed by atoms with Gasteiger partial charge in [0, 0.05) is 36.7 Å². The van der Waals surface area contributed by atoms with Crippen LogP contribution in [0.2, 0.25) is 0 Å². The Morgan fingerprint density at radius 3 is 1.85 bits per heavy atom. The van der Waals surface area contributed by atoms with E-state index in [1.54, 1.807) is 14.2 Å². The van der Waals surface area contributed by atoms with Gasteiger partial charge in [-0.1, -0.05) is 18.2 Å². The molecule has 0 aliphatic carbocycles. The second kappa shape index (κ2) is 11.9. The fraction of sp³-hybridized carbons (Fsp3) is 0.240. The van der Waals surface area contributed by atoms with Crippen molar-refractivity contribution in [3.63, 3.8) is 0 Å². The molecule has 0 radical (unpaired) electrons. The number of methoxy groups -OCH3 is 2. The zero-order valence-electron chi connectivity index (χ0n) is 19.3. The average Bonchev–Trinajstić information content (AvgIpc) is 3.31. The minimum Gasteiger partial charge on any atom is -0.497 e. The summed E-state index contributed by atoms with van der Waals surface area (Å²) in [5.41, 5.74) is 3.17. The summed E-state index contributed by atoms with van der Waals surface area (Å²) < 4.78 is 21.7. The molecule has 1 aliphatic rings. The number of hydrogen-bond acceptors (Lipinski definition) is 6. The second-order valence-electron chi connectivity index (χ2n) is 7.48. The predicted molar refractivity (Wildman–Crippen MR) is 144 cm³/mol. The van der Waals surface area contributed by atoms with Crippen LogP contribution in [0.1, 0.15) is 0 Å². The van der Waals surface area contributed by atoms with Gasteiger partial charge in [0.1, 0.15) is 11.5 Å². The van der Waals surface area contributed by atoms with Crippen LogP contribution < -0.4 is 29.4 Å². The molecule has 34 heavy (non-hydrogen) atoms. The standard InChI is InChI=1S/C25H29N4O3PS/c1-30-23-12-8-21(9-13-23)28-17-18-29(22-10-14-24(31-2)15-11-22)33(28)32-19-16-26-25(34)27-20-6-4-3-5-7-20/h3-15H,16-19H2,1-2H3,(H2,26,27,34). The molecule has 0 atom stereocenters. The predicted octanol–water partition coefficient (Wildman–Crippen LogP) is 5.26. The van der Waals surface area contributed by atoms with Crippen LogP contribution in [0.3, 0.4) is 0 Å². The highest BCUT2D eigenvalue weighted by atomic mass is 32.1. The van der Waals surface area contributed by atoms with E-state index in [0.29, 0.717) is 18.3 Å². The van der Waals surface area contributed by atoms with Crippen molar-refractivity contribution in [2.45, 2.75) is 0 Å². The lowest BCUT2D eigenvalue weighted by atomic mass is 10.3. The highest BCUT2D eigenvalue weighted by Gasteiger charge is 2.35. The Morgan fingerprint density at radius 2 is 1.35 bits per heavy atom. The first-order valence-corrected chi connectivity index (χ1v) is 12.6. The molecule has 1 aliphatic heterocycles. The summed E-state index contributed by atoms with van der Waals surface area (Å²) in [7, 11) is 2.30. The van der Waals surface area contributed by atoms with Gasteiger partial charge in [0.2, 0.25) is 8.45 Å². The molecule has 2 N–H and O–H groups in total. The van der Waals surface area contributed by atoms with Gasteiger partial charge in [-0.25, -0.2) is 0 Å². The lowest BCUT2D eigenvalue weighted by Crippen LogP contribution is -2.31. The van der Waals surface area contributed by atoms with E-state index in [2.05, 4.69) is 44.2 Å². The molecule has 1 fully saturated rings. The van der Waals surface area contributed by atoms with Crippen molar-refractivity contribution in [1.82, 2.24) is 5.32 Å². The van der Waals surface area contributed by atoms with Gasteiger partial charge in [0.05, 0.1) is 20.8 Å². The van der Waals surface area contributed by atoms with Crippen molar-refractivity contribution in [2.75, 3.05) is 55.1 Å². The molecular formula is C25H29N4O3PS. The minimum atomic E-state index is -1.05. The number of nitrogens with zero attached hydrogens (tertiary/aromatic N) is 2. The van der Waals surface area contributed by atoms with Gasteiger partial charge in [0.25, 0.3) is 0 Å². The van der Waals surface area contributed by atoms with E-state index in [9.17, 15) is 0 Å². The Kier molecular flexibility index (Phi) is 8.41. The Morgan fingerprint density at radius 1 is 0.824 bits per heavy atom. The average molecular weight is 497 g/mol. The number of para-hydroxylation sites is 1. The third-order valence-corrected chi connectivity index (χ3v) is 7.65. The van der Waals surface area contributed by atoms with Gasteiger partial charge in [-0.2, -0.15) is 0 Å². The Labute approximate surface area is 207 Å². The monoisotopic (exact) mass is 496 g/mol. The van der Waals surface area contributed by atoms with E-state index in [0.717, 1.165) is 41.7 Å². The summed E-state index contributed by atoms with van der Waals surface area (Å²) in [4.78, 5) is 0. The Bertz CT molecular complexity index is 999. The van der Waals surface area contributed by atoms with Gasteiger partial charge >= 0.3 is 0 Å². The number of anilines is 3. The lowest BCUT2D eigenvalue weighted by molar-refractivity contribution is 0.357. The molecule has 0 spiro atoms. The summed E-state index contributed by atoms with van der Waals surface area (Å²) in [6.07, 6.45) is 0. The summed E-state index contributed by atoms with van der Waals surface area (Å²) in [5.74, 6) is 1.67. The van der Waals surface area contributed by atoms with E-state index >= 15 is 0 Å². The highest BCUT2D eigenvalue weighted by Crippen LogP contribution is 2.54. The molecule has 0 bridgehead atoms. The first-order valence-electron chi connectivity index (χ1n) is 11.0. The van der Waals surface area contributed by atoms with Crippen LogP contribution in [0.25, 0.3) is 0 Å². The number of hydrogen-bond donors (Lipinski definition) is 2. The summed E-state index contributed by atoms with van der Waals surface area (Å²) in [5, 5.41) is 6.99. The van der Waals surface area contributed by atoms with E-state index in [4.69, 9.17) is 26.2 Å². The molecule has 9 heteroatoms. The highest BCUT2D eigenvalue weighted by molar-refractivity contribution is 7.80. The van der Waals surface area contributed by atoms with E-state index < -0.39 is 8.45 Å². The largest absolute Gasteiger partial charge is 0.497 e. The maximum atomic E-state index is 6.46. The molecular weight excluding hydrogens is 467 g/mol.